The Kier molecular flexibility index (Phi) is 3.78. The lowest BCUT2D eigenvalue weighted by atomic mass is 9.92. The van der Waals surface area contributed by atoms with Gasteiger partial charge in [-0.2, -0.15) is 23.3 Å². The van der Waals surface area contributed by atoms with Crippen LogP contribution in [-0.2, 0) is 15.7 Å². The van der Waals surface area contributed by atoms with E-state index in [1.54, 1.807) is 6.92 Å². The van der Waals surface area contributed by atoms with Crippen LogP contribution >= 0.6 is 0 Å². The zero-order valence-corrected chi connectivity index (χ0v) is 12.8. The molecular weight excluding hydrogens is 325 g/mol. The molecule has 0 saturated carbocycles. The first-order valence-electron chi connectivity index (χ1n) is 6.96. The van der Waals surface area contributed by atoms with Gasteiger partial charge in [0.1, 0.15) is 12.4 Å². The van der Waals surface area contributed by atoms with Crippen LogP contribution in [0.3, 0.4) is 0 Å². The van der Waals surface area contributed by atoms with E-state index in [-0.39, 0.29) is 17.1 Å². The first kappa shape index (κ1) is 16.0. The molecule has 0 spiro atoms. The fourth-order valence-electron chi connectivity index (χ4n) is 2.75. The van der Waals surface area contributed by atoms with Crippen molar-refractivity contribution in [2.24, 2.45) is 0 Å². The SMILES string of the molecule is COC(=O)C1=C(C)Nc2ncnn2[C@@H]1c1ccccc1C(F)(F)F. The number of methoxy groups -OCH3 is 1. The molecule has 0 saturated heterocycles. The van der Waals surface area contributed by atoms with Gasteiger partial charge in [-0.15, -0.1) is 0 Å². The molecule has 1 aromatic carbocycles. The Morgan fingerprint density at radius 1 is 1.33 bits per heavy atom. The van der Waals surface area contributed by atoms with Crippen molar-refractivity contribution < 1.29 is 22.7 Å². The molecule has 2 heterocycles. The van der Waals surface area contributed by atoms with E-state index in [0.717, 1.165) is 6.07 Å². The summed E-state index contributed by atoms with van der Waals surface area (Å²) in [5.74, 6) is -0.481. The van der Waals surface area contributed by atoms with Gasteiger partial charge in [0, 0.05) is 5.70 Å². The molecule has 1 aliphatic heterocycles. The van der Waals surface area contributed by atoms with Gasteiger partial charge < -0.3 is 10.1 Å². The predicted octanol–water partition coefficient (Wildman–Crippen LogP) is 2.76. The Labute approximate surface area is 134 Å². The lowest BCUT2D eigenvalue weighted by Gasteiger charge is -2.29. The van der Waals surface area contributed by atoms with Crippen LogP contribution in [0.15, 0.2) is 41.9 Å². The second-order valence-corrected chi connectivity index (χ2v) is 5.17. The molecule has 0 amide bonds. The third-order valence-corrected chi connectivity index (χ3v) is 3.76. The van der Waals surface area contributed by atoms with Crippen molar-refractivity contribution in [2.75, 3.05) is 12.4 Å². The molecular formula is C15H13F3N4O2. The summed E-state index contributed by atoms with van der Waals surface area (Å²) in [6.07, 6.45) is -3.36. The summed E-state index contributed by atoms with van der Waals surface area (Å²) in [6, 6.07) is 3.98. The minimum Gasteiger partial charge on any atom is -0.466 e. The number of esters is 1. The van der Waals surface area contributed by atoms with Crippen LogP contribution in [-0.4, -0.2) is 27.8 Å². The number of hydrogen-bond acceptors (Lipinski definition) is 5. The van der Waals surface area contributed by atoms with Crippen molar-refractivity contribution in [1.29, 1.82) is 0 Å². The fourth-order valence-corrected chi connectivity index (χ4v) is 2.75. The van der Waals surface area contributed by atoms with E-state index in [2.05, 4.69) is 15.4 Å². The third kappa shape index (κ3) is 2.51. The molecule has 0 fully saturated rings. The number of alkyl halides is 3. The number of nitrogens with zero attached hydrogens (tertiary/aromatic N) is 3. The molecule has 0 bridgehead atoms. The van der Waals surface area contributed by atoms with Gasteiger partial charge in [-0.3, -0.25) is 0 Å². The molecule has 24 heavy (non-hydrogen) atoms. The number of aromatic nitrogens is 3. The number of nitrogens with one attached hydrogen (secondary N) is 1. The van der Waals surface area contributed by atoms with Crippen molar-refractivity contribution in [3.8, 4) is 0 Å². The highest BCUT2D eigenvalue weighted by atomic mass is 19.4. The zero-order valence-electron chi connectivity index (χ0n) is 12.8. The molecule has 1 N–H and O–H groups in total. The standard InChI is InChI=1S/C15H13F3N4O2/c1-8-11(13(23)24-2)12(22-14(21-8)19-7-20-22)9-5-3-4-6-10(9)15(16,17)18/h3-7,12H,1-2H3,(H,19,20,21)/t12-/m1/s1. The summed E-state index contributed by atoms with van der Waals surface area (Å²) in [6.45, 7) is 1.58. The number of fused-ring (bicyclic) bond motifs is 1. The number of carbonyl (C=O) groups excluding carboxylic acids is 1. The quantitative estimate of drug-likeness (QED) is 0.853. The van der Waals surface area contributed by atoms with Crippen LogP contribution in [0.25, 0.3) is 0 Å². The van der Waals surface area contributed by atoms with Crippen LogP contribution < -0.4 is 5.32 Å². The van der Waals surface area contributed by atoms with Crippen LogP contribution in [0.4, 0.5) is 19.1 Å². The van der Waals surface area contributed by atoms with Gasteiger partial charge in [0.2, 0.25) is 5.95 Å². The largest absolute Gasteiger partial charge is 0.466 e. The molecule has 0 radical (unpaired) electrons. The number of carbonyl (C=O) groups is 1. The molecule has 1 aliphatic rings. The normalized spacial score (nSPS) is 17.3. The molecule has 1 aromatic heterocycles. The second-order valence-electron chi connectivity index (χ2n) is 5.17. The number of rotatable bonds is 2. The summed E-state index contributed by atoms with van der Waals surface area (Å²) in [5.41, 5.74) is -0.526. The zero-order chi connectivity index (χ0) is 17.5. The lowest BCUT2D eigenvalue weighted by molar-refractivity contribution is -0.140. The van der Waals surface area contributed by atoms with E-state index in [1.165, 1.54) is 36.3 Å². The molecule has 0 aliphatic carbocycles. The Balaban J connectivity index is 2.27. The molecule has 126 valence electrons. The van der Waals surface area contributed by atoms with E-state index >= 15 is 0 Å². The van der Waals surface area contributed by atoms with Crippen LogP contribution in [0, 0.1) is 0 Å². The van der Waals surface area contributed by atoms with Gasteiger partial charge in [0.05, 0.1) is 18.2 Å². The number of ether oxygens (including phenoxy) is 1. The number of halogens is 3. The van der Waals surface area contributed by atoms with Gasteiger partial charge in [-0.25, -0.2) is 9.48 Å². The van der Waals surface area contributed by atoms with E-state index in [4.69, 9.17) is 4.74 Å². The van der Waals surface area contributed by atoms with Crippen molar-refractivity contribution in [3.63, 3.8) is 0 Å². The average Bonchev–Trinajstić information content (AvgIpc) is 2.99. The molecule has 9 heteroatoms. The first-order chi connectivity index (χ1) is 11.3. The Bertz CT molecular complexity index is 826. The number of anilines is 1. The fraction of sp³-hybridized carbons (Fsp3) is 0.267. The Morgan fingerprint density at radius 2 is 2.04 bits per heavy atom. The van der Waals surface area contributed by atoms with Gasteiger partial charge in [-0.05, 0) is 18.6 Å². The molecule has 6 nitrogen and oxygen atoms in total. The average molecular weight is 338 g/mol. The highest BCUT2D eigenvalue weighted by Crippen LogP contribution is 2.41. The first-order valence-corrected chi connectivity index (χ1v) is 6.96. The van der Waals surface area contributed by atoms with Crippen LogP contribution in [0.2, 0.25) is 0 Å². The topological polar surface area (TPSA) is 69.0 Å². The maximum atomic E-state index is 13.4. The van der Waals surface area contributed by atoms with Gasteiger partial charge >= 0.3 is 12.1 Å². The molecule has 2 aromatic rings. The smallest absolute Gasteiger partial charge is 0.416 e. The summed E-state index contributed by atoms with van der Waals surface area (Å²) in [7, 11) is 1.17. The van der Waals surface area contributed by atoms with E-state index in [0.29, 0.717) is 5.70 Å². The van der Waals surface area contributed by atoms with E-state index in [9.17, 15) is 18.0 Å². The maximum absolute atomic E-state index is 13.4. The molecule has 0 unspecified atom stereocenters. The Morgan fingerprint density at radius 3 is 2.71 bits per heavy atom. The van der Waals surface area contributed by atoms with Crippen molar-refractivity contribution in [1.82, 2.24) is 14.8 Å². The lowest BCUT2D eigenvalue weighted by Crippen LogP contribution is -2.30. The number of hydrogen-bond donors (Lipinski definition) is 1. The summed E-state index contributed by atoms with van der Waals surface area (Å²) < 4.78 is 46.2. The maximum Gasteiger partial charge on any atom is 0.416 e. The highest BCUT2D eigenvalue weighted by molar-refractivity contribution is 5.92. The third-order valence-electron chi connectivity index (χ3n) is 3.76. The van der Waals surface area contributed by atoms with E-state index in [1.807, 2.05) is 0 Å². The van der Waals surface area contributed by atoms with Gasteiger partial charge in [0.25, 0.3) is 0 Å². The predicted molar refractivity (Wildman–Crippen MR) is 77.9 cm³/mol. The van der Waals surface area contributed by atoms with Crippen LogP contribution in [0.1, 0.15) is 24.1 Å². The number of allylic oxidation sites excluding steroid dienone is 1. The van der Waals surface area contributed by atoms with Crippen molar-refractivity contribution in [3.05, 3.63) is 53.0 Å². The minimum atomic E-state index is -4.57. The monoisotopic (exact) mass is 338 g/mol. The summed E-state index contributed by atoms with van der Waals surface area (Å²) in [4.78, 5) is 16.2. The summed E-state index contributed by atoms with van der Waals surface area (Å²) in [5, 5.41) is 6.82. The van der Waals surface area contributed by atoms with E-state index < -0.39 is 23.8 Å². The van der Waals surface area contributed by atoms with Crippen molar-refractivity contribution >= 4 is 11.9 Å². The highest BCUT2D eigenvalue weighted by Gasteiger charge is 2.40. The second kappa shape index (κ2) is 5.66. The van der Waals surface area contributed by atoms with Gasteiger partial charge in [0.15, 0.2) is 0 Å². The number of benzene rings is 1. The molecule has 3 rings (SSSR count). The molecule has 1 atom stereocenters. The van der Waals surface area contributed by atoms with Gasteiger partial charge in [-0.1, -0.05) is 18.2 Å². The van der Waals surface area contributed by atoms with Crippen molar-refractivity contribution in [2.45, 2.75) is 19.1 Å². The summed E-state index contributed by atoms with van der Waals surface area (Å²) >= 11 is 0. The Hall–Kier alpha value is -2.84. The minimum absolute atomic E-state index is 0.0483. The van der Waals surface area contributed by atoms with Crippen LogP contribution in [0.5, 0.6) is 0 Å².